The Hall–Kier alpha value is -2.18. The van der Waals surface area contributed by atoms with E-state index in [4.69, 9.17) is 4.74 Å². The summed E-state index contributed by atoms with van der Waals surface area (Å²) in [5.74, 6) is -0.378. The van der Waals surface area contributed by atoms with Crippen LogP contribution in [0.4, 0.5) is 5.69 Å². The van der Waals surface area contributed by atoms with E-state index in [0.717, 1.165) is 34.1 Å². The number of rotatable bonds is 6. The van der Waals surface area contributed by atoms with Crippen molar-refractivity contribution in [3.8, 4) is 0 Å². The summed E-state index contributed by atoms with van der Waals surface area (Å²) in [5, 5.41) is 2.94. The van der Waals surface area contributed by atoms with Crippen LogP contribution in [0.15, 0.2) is 46.9 Å². The minimum absolute atomic E-state index is 0.0118. The molecular formula is C22H25BrN2O3. The van der Waals surface area contributed by atoms with Crippen LogP contribution >= 0.6 is 15.9 Å². The number of carbonyl (C=O) groups is 2. The van der Waals surface area contributed by atoms with E-state index in [1.807, 2.05) is 44.2 Å². The van der Waals surface area contributed by atoms with E-state index < -0.39 is 0 Å². The first-order chi connectivity index (χ1) is 13.4. The molecule has 28 heavy (non-hydrogen) atoms. The molecule has 0 aliphatic carbocycles. The van der Waals surface area contributed by atoms with Crippen LogP contribution in [0.3, 0.4) is 0 Å². The zero-order valence-corrected chi connectivity index (χ0v) is 17.8. The average Bonchev–Trinajstić information content (AvgIpc) is 3.18. The number of carbonyl (C=O) groups excluding carboxylic acids is 2. The number of nitrogens with zero attached hydrogens (tertiary/aromatic N) is 1. The van der Waals surface area contributed by atoms with Gasteiger partial charge in [-0.25, -0.2) is 0 Å². The Morgan fingerprint density at radius 1 is 1.18 bits per heavy atom. The molecular weight excluding hydrogens is 420 g/mol. The van der Waals surface area contributed by atoms with Gasteiger partial charge in [-0.05, 0) is 68.1 Å². The zero-order valence-electron chi connectivity index (χ0n) is 16.2. The zero-order chi connectivity index (χ0) is 20.1. The normalized spacial score (nSPS) is 16.0. The number of halogens is 1. The maximum atomic E-state index is 13.0. The van der Waals surface area contributed by atoms with Crippen LogP contribution in [0.1, 0.15) is 34.3 Å². The van der Waals surface area contributed by atoms with Gasteiger partial charge in [0.25, 0.3) is 5.91 Å². The molecule has 148 valence electrons. The molecule has 0 bridgehead atoms. The summed E-state index contributed by atoms with van der Waals surface area (Å²) in [4.78, 5) is 27.3. The van der Waals surface area contributed by atoms with Crippen LogP contribution in [0.2, 0.25) is 0 Å². The molecule has 2 aromatic carbocycles. The third-order valence-electron chi connectivity index (χ3n) is 5.04. The van der Waals surface area contributed by atoms with Gasteiger partial charge in [-0.3, -0.25) is 9.59 Å². The predicted molar refractivity (Wildman–Crippen MR) is 114 cm³/mol. The maximum absolute atomic E-state index is 13.0. The van der Waals surface area contributed by atoms with Crippen molar-refractivity contribution in [1.82, 2.24) is 4.90 Å². The maximum Gasteiger partial charge on any atom is 0.254 e. The summed E-state index contributed by atoms with van der Waals surface area (Å²) in [6.07, 6.45) is 1.87. The second-order valence-electron chi connectivity index (χ2n) is 7.12. The first-order valence-electron chi connectivity index (χ1n) is 9.46. The lowest BCUT2D eigenvalue weighted by atomic mass is 10.1. The van der Waals surface area contributed by atoms with Gasteiger partial charge in [-0.2, -0.15) is 0 Å². The van der Waals surface area contributed by atoms with Gasteiger partial charge in [0.2, 0.25) is 5.91 Å². The molecule has 1 unspecified atom stereocenters. The third-order valence-corrected chi connectivity index (χ3v) is 5.57. The van der Waals surface area contributed by atoms with Crippen molar-refractivity contribution in [2.75, 3.05) is 25.0 Å². The Labute approximate surface area is 174 Å². The van der Waals surface area contributed by atoms with Crippen molar-refractivity contribution in [3.05, 3.63) is 63.6 Å². The molecule has 1 fully saturated rings. The number of anilines is 1. The average molecular weight is 445 g/mol. The molecule has 1 N–H and O–H groups in total. The summed E-state index contributed by atoms with van der Waals surface area (Å²) in [6, 6.07) is 13.0. The standard InChI is InChI=1S/C22H25BrN2O3/c1-15-5-3-7-20(16(15)2)24-21(26)14-25(13-19-6-4-12-28-19)22(27)17-8-10-18(23)11-9-17/h3,5,7-11,19H,4,6,12-14H2,1-2H3,(H,24,26). The van der Waals surface area contributed by atoms with Crippen LogP contribution in [-0.2, 0) is 9.53 Å². The fourth-order valence-corrected chi connectivity index (χ4v) is 3.54. The molecule has 1 aliphatic rings. The van der Waals surface area contributed by atoms with Crippen LogP contribution in [-0.4, -0.2) is 42.5 Å². The van der Waals surface area contributed by atoms with Gasteiger partial charge in [-0.1, -0.05) is 28.1 Å². The third kappa shape index (κ3) is 5.20. The topological polar surface area (TPSA) is 58.6 Å². The number of hydrogen-bond acceptors (Lipinski definition) is 3. The van der Waals surface area contributed by atoms with Crippen LogP contribution in [0, 0.1) is 13.8 Å². The van der Waals surface area contributed by atoms with E-state index in [-0.39, 0.29) is 24.5 Å². The smallest absolute Gasteiger partial charge is 0.254 e. The lowest BCUT2D eigenvalue weighted by Gasteiger charge is -2.25. The highest BCUT2D eigenvalue weighted by molar-refractivity contribution is 9.10. The van der Waals surface area contributed by atoms with E-state index in [0.29, 0.717) is 18.7 Å². The molecule has 6 heteroatoms. The van der Waals surface area contributed by atoms with Crippen LogP contribution in [0.25, 0.3) is 0 Å². The molecule has 1 aliphatic heterocycles. The molecule has 2 aromatic rings. The second-order valence-corrected chi connectivity index (χ2v) is 8.04. The molecule has 2 amide bonds. The fraction of sp³-hybridized carbons (Fsp3) is 0.364. The fourth-order valence-electron chi connectivity index (χ4n) is 3.28. The van der Waals surface area contributed by atoms with E-state index >= 15 is 0 Å². The van der Waals surface area contributed by atoms with E-state index in [1.165, 1.54) is 0 Å². The van der Waals surface area contributed by atoms with Crippen molar-refractivity contribution in [3.63, 3.8) is 0 Å². The van der Waals surface area contributed by atoms with Gasteiger partial charge in [0.1, 0.15) is 6.54 Å². The van der Waals surface area contributed by atoms with E-state index in [2.05, 4.69) is 21.2 Å². The summed E-state index contributed by atoms with van der Waals surface area (Å²) in [7, 11) is 0. The molecule has 0 aromatic heterocycles. The Kier molecular flexibility index (Phi) is 6.86. The summed E-state index contributed by atoms with van der Waals surface area (Å²) < 4.78 is 6.60. The lowest BCUT2D eigenvalue weighted by Crippen LogP contribution is -2.42. The number of aryl methyl sites for hydroxylation is 1. The van der Waals surface area contributed by atoms with Gasteiger partial charge in [0.05, 0.1) is 6.10 Å². The van der Waals surface area contributed by atoms with E-state index in [1.54, 1.807) is 17.0 Å². The number of amides is 2. The summed E-state index contributed by atoms with van der Waals surface area (Å²) >= 11 is 3.38. The quantitative estimate of drug-likeness (QED) is 0.721. The molecule has 3 rings (SSSR count). The molecule has 0 radical (unpaired) electrons. The highest BCUT2D eigenvalue weighted by Crippen LogP contribution is 2.19. The van der Waals surface area contributed by atoms with Gasteiger partial charge >= 0.3 is 0 Å². The van der Waals surface area contributed by atoms with Crippen LogP contribution in [0.5, 0.6) is 0 Å². The molecule has 1 heterocycles. The first kappa shape index (κ1) is 20.6. The summed E-state index contributed by atoms with van der Waals surface area (Å²) in [6.45, 7) is 5.09. The highest BCUT2D eigenvalue weighted by atomic mass is 79.9. The molecule has 0 spiro atoms. The molecule has 0 saturated carbocycles. The van der Waals surface area contributed by atoms with Gasteiger partial charge in [0.15, 0.2) is 0 Å². The minimum Gasteiger partial charge on any atom is -0.376 e. The minimum atomic E-state index is -0.211. The highest BCUT2D eigenvalue weighted by Gasteiger charge is 2.25. The van der Waals surface area contributed by atoms with Gasteiger partial charge in [0, 0.05) is 28.9 Å². The number of nitrogens with one attached hydrogen (secondary N) is 1. The van der Waals surface area contributed by atoms with Crippen molar-refractivity contribution in [1.29, 1.82) is 0 Å². The Morgan fingerprint density at radius 3 is 2.61 bits per heavy atom. The second kappa shape index (κ2) is 9.34. The Morgan fingerprint density at radius 2 is 1.93 bits per heavy atom. The molecule has 1 atom stereocenters. The SMILES string of the molecule is Cc1cccc(NC(=O)CN(CC2CCCO2)C(=O)c2ccc(Br)cc2)c1C. The number of ether oxygens (including phenoxy) is 1. The van der Waals surface area contributed by atoms with Gasteiger partial charge < -0.3 is 15.0 Å². The largest absolute Gasteiger partial charge is 0.376 e. The Balaban J connectivity index is 1.74. The Bertz CT molecular complexity index is 845. The van der Waals surface area contributed by atoms with Crippen molar-refractivity contribution < 1.29 is 14.3 Å². The number of hydrogen-bond donors (Lipinski definition) is 1. The van der Waals surface area contributed by atoms with Gasteiger partial charge in [-0.15, -0.1) is 0 Å². The molecule has 5 nitrogen and oxygen atoms in total. The summed E-state index contributed by atoms with van der Waals surface area (Å²) in [5.41, 5.74) is 3.47. The number of benzene rings is 2. The van der Waals surface area contributed by atoms with E-state index in [9.17, 15) is 9.59 Å². The van der Waals surface area contributed by atoms with Crippen LogP contribution < -0.4 is 5.32 Å². The van der Waals surface area contributed by atoms with Crippen molar-refractivity contribution in [2.45, 2.75) is 32.8 Å². The monoisotopic (exact) mass is 444 g/mol. The van der Waals surface area contributed by atoms with Crippen molar-refractivity contribution in [2.24, 2.45) is 0 Å². The van der Waals surface area contributed by atoms with Crippen molar-refractivity contribution >= 4 is 33.4 Å². The predicted octanol–water partition coefficient (Wildman–Crippen LogP) is 4.33. The lowest BCUT2D eigenvalue weighted by molar-refractivity contribution is -0.117. The first-order valence-corrected chi connectivity index (χ1v) is 10.3. The molecule has 1 saturated heterocycles.